The van der Waals surface area contributed by atoms with Crippen molar-refractivity contribution in [3.05, 3.63) is 23.3 Å². The second-order valence-corrected chi connectivity index (χ2v) is 5.29. The lowest BCUT2D eigenvalue weighted by molar-refractivity contribution is 0.276. The molecule has 0 aliphatic carbocycles. The first-order chi connectivity index (χ1) is 6.40. The summed E-state index contributed by atoms with van der Waals surface area (Å²) in [5.41, 5.74) is 1.10. The van der Waals surface area contributed by atoms with Gasteiger partial charge in [0, 0.05) is 11.9 Å². The second kappa shape index (κ2) is 4.02. The van der Waals surface area contributed by atoms with Gasteiger partial charge in [-0.15, -0.1) is 0 Å². The zero-order valence-corrected chi connectivity index (χ0v) is 8.87. The number of hydrogen-bond acceptors (Lipinski definition) is 5. The molecular weight excluding hydrogens is 204 g/mol. The van der Waals surface area contributed by atoms with Crippen molar-refractivity contribution in [2.24, 2.45) is 0 Å². The summed E-state index contributed by atoms with van der Waals surface area (Å²) in [5, 5.41) is 8.85. The van der Waals surface area contributed by atoms with Crippen LogP contribution < -0.4 is 0 Å². The maximum atomic E-state index is 11.0. The van der Waals surface area contributed by atoms with Crippen LogP contribution in [0.25, 0.3) is 0 Å². The second-order valence-electron chi connectivity index (χ2n) is 3.15. The van der Waals surface area contributed by atoms with Gasteiger partial charge in [0.15, 0.2) is 9.84 Å². The summed E-state index contributed by atoms with van der Waals surface area (Å²) in [4.78, 5) is 7.86. The molecule has 1 rings (SSSR count). The topological polar surface area (TPSA) is 80.2 Å². The van der Waals surface area contributed by atoms with E-state index in [0.29, 0.717) is 11.4 Å². The van der Waals surface area contributed by atoms with Gasteiger partial charge < -0.3 is 5.11 Å². The maximum absolute atomic E-state index is 11.0. The maximum Gasteiger partial charge on any atom is 0.154 e. The van der Waals surface area contributed by atoms with Crippen molar-refractivity contribution in [3.63, 3.8) is 0 Å². The van der Waals surface area contributed by atoms with E-state index >= 15 is 0 Å². The Labute approximate surface area is 82.8 Å². The molecule has 5 nitrogen and oxygen atoms in total. The van der Waals surface area contributed by atoms with E-state index in [9.17, 15) is 8.42 Å². The van der Waals surface area contributed by atoms with Crippen molar-refractivity contribution in [1.29, 1.82) is 0 Å². The van der Waals surface area contributed by atoms with Crippen LogP contribution in [-0.4, -0.2) is 29.7 Å². The van der Waals surface area contributed by atoms with Gasteiger partial charge in [0.05, 0.1) is 12.3 Å². The van der Waals surface area contributed by atoms with Crippen molar-refractivity contribution >= 4 is 9.84 Å². The Balaban J connectivity index is 3.04. The van der Waals surface area contributed by atoms with Crippen LogP contribution in [-0.2, 0) is 22.2 Å². The van der Waals surface area contributed by atoms with Gasteiger partial charge in [-0.3, -0.25) is 0 Å². The quantitative estimate of drug-likeness (QED) is 0.758. The highest BCUT2D eigenvalue weighted by Crippen LogP contribution is 2.03. The monoisotopic (exact) mass is 216 g/mol. The van der Waals surface area contributed by atoms with Gasteiger partial charge in [0.1, 0.15) is 11.6 Å². The van der Waals surface area contributed by atoms with Gasteiger partial charge in [-0.2, -0.15) is 0 Å². The average molecular weight is 216 g/mol. The van der Waals surface area contributed by atoms with E-state index < -0.39 is 9.84 Å². The molecule has 14 heavy (non-hydrogen) atoms. The zero-order chi connectivity index (χ0) is 10.8. The van der Waals surface area contributed by atoms with E-state index in [0.717, 1.165) is 6.26 Å². The summed E-state index contributed by atoms with van der Waals surface area (Å²) in [5.74, 6) is 0.0401. The van der Waals surface area contributed by atoms with E-state index in [1.165, 1.54) is 0 Å². The molecule has 0 bridgehead atoms. The third kappa shape index (κ3) is 3.39. The van der Waals surface area contributed by atoms with Crippen LogP contribution in [0.15, 0.2) is 6.07 Å². The summed E-state index contributed by atoms with van der Waals surface area (Å²) in [6.45, 7) is 1.52. The Morgan fingerprint density at radius 2 is 2.07 bits per heavy atom. The van der Waals surface area contributed by atoms with E-state index in [-0.39, 0.29) is 18.2 Å². The summed E-state index contributed by atoms with van der Waals surface area (Å²) in [6.07, 6.45) is 1.12. The molecule has 0 radical (unpaired) electrons. The first-order valence-corrected chi connectivity index (χ1v) is 6.09. The molecule has 0 unspecified atom stereocenters. The first-order valence-electron chi connectivity index (χ1n) is 4.03. The van der Waals surface area contributed by atoms with Gasteiger partial charge >= 0.3 is 0 Å². The van der Waals surface area contributed by atoms with E-state index in [4.69, 9.17) is 5.11 Å². The van der Waals surface area contributed by atoms with Crippen LogP contribution >= 0.6 is 0 Å². The van der Waals surface area contributed by atoms with Crippen LogP contribution in [0.4, 0.5) is 0 Å². The normalized spacial score (nSPS) is 11.6. The van der Waals surface area contributed by atoms with Gasteiger partial charge in [-0.05, 0) is 13.0 Å². The van der Waals surface area contributed by atoms with Crippen molar-refractivity contribution in [2.75, 3.05) is 6.26 Å². The Kier molecular flexibility index (Phi) is 3.17. The van der Waals surface area contributed by atoms with Crippen molar-refractivity contribution in [2.45, 2.75) is 19.3 Å². The summed E-state index contributed by atoms with van der Waals surface area (Å²) in [7, 11) is -3.13. The minimum absolute atomic E-state index is 0.193. The van der Waals surface area contributed by atoms with E-state index in [1.807, 2.05) is 0 Å². The Hall–Kier alpha value is -1.01. The molecule has 78 valence electrons. The number of sulfone groups is 1. The highest BCUT2D eigenvalue weighted by atomic mass is 32.2. The minimum atomic E-state index is -3.13. The predicted octanol–water partition coefficient (Wildman–Crippen LogP) is -0.178. The highest BCUT2D eigenvalue weighted by molar-refractivity contribution is 7.89. The van der Waals surface area contributed by atoms with Gasteiger partial charge in [0.25, 0.3) is 0 Å². The lowest BCUT2D eigenvalue weighted by Crippen LogP contribution is -2.08. The Morgan fingerprint density at radius 1 is 1.43 bits per heavy atom. The molecule has 0 fully saturated rings. The van der Waals surface area contributed by atoms with E-state index in [2.05, 4.69) is 9.97 Å². The summed E-state index contributed by atoms with van der Waals surface area (Å²) in [6, 6.07) is 1.62. The molecule has 0 aromatic carbocycles. The summed E-state index contributed by atoms with van der Waals surface area (Å²) < 4.78 is 21.9. The third-order valence-corrected chi connectivity index (χ3v) is 2.29. The van der Waals surface area contributed by atoms with E-state index in [1.54, 1.807) is 13.0 Å². The smallest absolute Gasteiger partial charge is 0.154 e. The number of aliphatic hydroxyl groups excluding tert-OH is 1. The number of aryl methyl sites for hydroxylation is 1. The number of aliphatic hydroxyl groups is 1. The number of aromatic nitrogens is 2. The average Bonchev–Trinajstić information content (AvgIpc) is 1.99. The summed E-state index contributed by atoms with van der Waals surface area (Å²) >= 11 is 0. The van der Waals surface area contributed by atoms with Gasteiger partial charge in [0.2, 0.25) is 0 Å². The predicted molar refractivity (Wildman–Crippen MR) is 51.2 cm³/mol. The highest BCUT2D eigenvalue weighted by Gasteiger charge is 2.08. The van der Waals surface area contributed by atoms with Crippen molar-refractivity contribution in [1.82, 2.24) is 9.97 Å². The van der Waals surface area contributed by atoms with Crippen LogP contribution in [0.3, 0.4) is 0 Å². The molecule has 0 spiro atoms. The Morgan fingerprint density at radius 3 is 2.57 bits per heavy atom. The molecule has 0 atom stereocenters. The van der Waals surface area contributed by atoms with Crippen LogP contribution in [0.5, 0.6) is 0 Å². The molecule has 1 aromatic heterocycles. The molecular formula is C8H12N2O3S. The van der Waals surface area contributed by atoms with Gasteiger partial charge in [-0.25, -0.2) is 18.4 Å². The van der Waals surface area contributed by atoms with Crippen LogP contribution in [0.2, 0.25) is 0 Å². The minimum Gasteiger partial charge on any atom is -0.390 e. The molecule has 0 saturated heterocycles. The first kappa shape index (κ1) is 11.1. The number of nitrogens with zero attached hydrogens (tertiary/aromatic N) is 2. The zero-order valence-electron chi connectivity index (χ0n) is 8.06. The SMILES string of the molecule is Cc1cc(CO)nc(CS(C)(=O)=O)n1. The molecule has 1 aromatic rings. The molecule has 1 N–H and O–H groups in total. The lowest BCUT2D eigenvalue weighted by Gasteiger charge is -2.02. The lowest BCUT2D eigenvalue weighted by atomic mass is 10.3. The fourth-order valence-electron chi connectivity index (χ4n) is 1.08. The van der Waals surface area contributed by atoms with Crippen LogP contribution in [0, 0.1) is 6.92 Å². The van der Waals surface area contributed by atoms with Gasteiger partial charge in [-0.1, -0.05) is 0 Å². The van der Waals surface area contributed by atoms with Crippen molar-refractivity contribution in [3.8, 4) is 0 Å². The number of hydrogen-bond donors (Lipinski definition) is 1. The fourth-order valence-corrected chi connectivity index (χ4v) is 1.68. The largest absolute Gasteiger partial charge is 0.390 e. The third-order valence-electron chi connectivity index (χ3n) is 1.51. The van der Waals surface area contributed by atoms with Crippen molar-refractivity contribution < 1.29 is 13.5 Å². The van der Waals surface area contributed by atoms with Crippen LogP contribution in [0.1, 0.15) is 17.2 Å². The molecule has 6 heteroatoms. The molecule has 1 heterocycles. The Bertz CT molecular complexity index is 428. The molecule has 0 saturated carbocycles. The standard InChI is InChI=1S/C8H12N2O3S/c1-6-3-7(4-11)10-8(9-6)5-14(2,12)13/h3,11H,4-5H2,1-2H3. The fraction of sp³-hybridized carbons (Fsp3) is 0.500. The number of rotatable bonds is 3. The molecule has 0 amide bonds. The molecule has 0 aliphatic rings. The molecule has 0 aliphatic heterocycles.